The number of sulfone groups is 1. The largest absolute Gasteiger partial charge is 0.228 e. The third kappa shape index (κ3) is 2.22. The molecule has 0 aliphatic heterocycles. The lowest BCUT2D eigenvalue weighted by Crippen LogP contribution is -2.27. The van der Waals surface area contributed by atoms with Gasteiger partial charge in [0, 0.05) is 0 Å². The third-order valence-electron chi connectivity index (χ3n) is 2.71. The van der Waals surface area contributed by atoms with Gasteiger partial charge in [0.2, 0.25) is 0 Å². The van der Waals surface area contributed by atoms with Gasteiger partial charge in [-0.25, -0.2) is 8.42 Å². The first kappa shape index (κ1) is 10.5. The summed E-state index contributed by atoms with van der Waals surface area (Å²) in [6.07, 6.45) is 3.74. The predicted molar refractivity (Wildman–Crippen MR) is 50.9 cm³/mol. The summed E-state index contributed by atoms with van der Waals surface area (Å²) in [4.78, 5) is 0. The summed E-state index contributed by atoms with van der Waals surface area (Å²) in [5, 5.41) is 7.77. The second-order valence-corrected chi connectivity index (χ2v) is 6.32. The molecule has 0 amide bonds. The molecule has 1 rings (SSSR count). The Bertz CT molecular complexity index is 296. The minimum atomic E-state index is -3.02. The van der Waals surface area contributed by atoms with E-state index < -0.39 is 15.1 Å². The van der Waals surface area contributed by atoms with Gasteiger partial charge in [0.15, 0.2) is 9.84 Å². The van der Waals surface area contributed by atoms with Crippen molar-refractivity contribution in [2.45, 2.75) is 49.5 Å². The molecule has 0 spiro atoms. The molecule has 1 fully saturated rings. The van der Waals surface area contributed by atoms with Crippen molar-refractivity contribution >= 4 is 9.84 Å². The van der Waals surface area contributed by atoms with Crippen molar-refractivity contribution in [1.29, 1.82) is 5.26 Å². The highest BCUT2D eigenvalue weighted by molar-refractivity contribution is 7.92. The molecule has 3 nitrogen and oxygen atoms in total. The molecule has 0 aromatic heterocycles. The number of rotatable bonds is 3. The van der Waals surface area contributed by atoms with Gasteiger partial charge >= 0.3 is 0 Å². The van der Waals surface area contributed by atoms with Crippen LogP contribution in [0.3, 0.4) is 0 Å². The summed E-state index contributed by atoms with van der Waals surface area (Å²) in [5.74, 6) is 0. The van der Waals surface area contributed by atoms with Crippen molar-refractivity contribution in [3.05, 3.63) is 0 Å². The lowest BCUT2D eigenvalue weighted by molar-refractivity contribution is 0.567. The zero-order valence-corrected chi connectivity index (χ0v) is 8.68. The number of nitriles is 1. The van der Waals surface area contributed by atoms with Crippen LogP contribution in [0.2, 0.25) is 0 Å². The van der Waals surface area contributed by atoms with Crippen LogP contribution >= 0.6 is 0 Å². The van der Waals surface area contributed by atoms with Crippen molar-refractivity contribution in [3.63, 3.8) is 0 Å². The Morgan fingerprint density at radius 3 is 2.46 bits per heavy atom. The van der Waals surface area contributed by atoms with Gasteiger partial charge in [-0.15, -0.1) is 0 Å². The van der Waals surface area contributed by atoms with Crippen LogP contribution in [-0.4, -0.2) is 18.9 Å². The van der Waals surface area contributed by atoms with E-state index in [9.17, 15) is 8.42 Å². The van der Waals surface area contributed by atoms with E-state index >= 15 is 0 Å². The van der Waals surface area contributed by atoms with Gasteiger partial charge in [0.05, 0.1) is 23.0 Å². The molecule has 13 heavy (non-hydrogen) atoms. The molecule has 74 valence electrons. The van der Waals surface area contributed by atoms with E-state index in [2.05, 4.69) is 0 Å². The van der Waals surface area contributed by atoms with E-state index in [-0.39, 0.29) is 11.7 Å². The first-order chi connectivity index (χ1) is 6.09. The fourth-order valence-electron chi connectivity index (χ4n) is 1.79. The van der Waals surface area contributed by atoms with Gasteiger partial charge in [-0.2, -0.15) is 5.26 Å². The number of hydrogen-bond donors (Lipinski definition) is 0. The third-order valence-corrected chi connectivity index (χ3v) is 5.40. The average molecular weight is 201 g/mol. The van der Waals surface area contributed by atoms with Crippen LogP contribution in [0.1, 0.15) is 39.0 Å². The smallest absolute Gasteiger partial charge is 0.156 e. The molecule has 0 saturated heterocycles. The van der Waals surface area contributed by atoms with Crippen LogP contribution in [0.25, 0.3) is 0 Å². The quantitative estimate of drug-likeness (QED) is 0.697. The minimum absolute atomic E-state index is 0.124. The Hall–Kier alpha value is -0.560. The van der Waals surface area contributed by atoms with Crippen molar-refractivity contribution in [2.75, 3.05) is 0 Å². The zero-order valence-electron chi connectivity index (χ0n) is 7.86. The van der Waals surface area contributed by atoms with Crippen LogP contribution in [0, 0.1) is 11.3 Å². The summed E-state index contributed by atoms with van der Waals surface area (Å²) < 4.78 is 23.5. The van der Waals surface area contributed by atoms with Crippen LogP contribution in [0.5, 0.6) is 0 Å². The Kier molecular flexibility index (Phi) is 3.32. The highest BCUT2D eigenvalue weighted by atomic mass is 32.2. The number of nitrogens with zero attached hydrogens (tertiary/aromatic N) is 1. The van der Waals surface area contributed by atoms with Crippen molar-refractivity contribution in [1.82, 2.24) is 0 Å². The van der Waals surface area contributed by atoms with Crippen molar-refractivity contribution in [3.8, 4) is 6.07 Å². The summed E-state index contributed by atoms with van der Waals surface area (Å²) in [6, 6.07) is 1.92. The highest BCUT2D eigenvalue weighted by Crippen LogP contribution is 2.27. The first-order valence-corrected chi connectivity index (χ1v) is 6.29. The van der Waals surface area contributed by atoms with Crippen molar-refractivity contribution in [2.24, 2.45) is 0 Å². The van der Waals surface area contributed by atoms with Crippen LogP contribution in [0.15, 0.2) is 0 Å². The molecule has 1 aliphatic carbocycles. The molecule has 1 unspecified atom stereocenters. The van der Waals surface area contributed by atoms with E-state index in [1.54, 1.807) is 6.92 Å². The van der Waals surface area contributed by atoms with Gasteiger partial charge in [-0.3, -0.25) is 0 Å². The maximum atomic E-state index is 11.8. The molecule has 0 aromatic rings. The lowest BCUT2D eigenvalue weighted by atomic mass is 10.4. The molecule has 0 N–H and O–H groups in total. The summed E-state index contributed by atoms with van der Waals surface area (Å²) in [5.41, 5.74) is 0. The molecule has 4 heteroatoms. The Morgan fingerprint density at radius 2 is 2.00 bits per heavy atom. The second kappa shape index (κ2) is 4.10. The van der Waals surface area contributed by atoms with Crippen molar-refractivity contribution < 1.29 is 8.42 Å². The van der Waals surface area contributed by atoms with Gasteiger partial charge in [0.1, 0.15) is 0 Å². The first-order valence-electron chi connectivity index (χ1n) is 4.68. The highest BCUT2D eigenvalue weighted by Gasteiger charge is 2.32. The van der Waals surface area contributed by atoms with Gasteiger partial charge in [-0.05, 0) is 19.8 Å². The topological polar surface area (TPSA) is 57.9 Å². The molecule has 1 atom stereocenters. The number of hydrogen-bond acceptors (Lipinski definition) is 3. The van der Waals surface area contributed by atoms with E-state index in [1.165, 1.54) is 0 Å². The van der Waals surface area contributed by atoms with E-state index in [0.717, 1.165) is 25.7 Å². The fourth-order valence-corrected chi connectivity index (χ4v) is 3.74. The van der Waals surface area contributed by atoms with Gasteiger partial charge in [-0.1, -0.05) is 12.8 Å². The standard InChI is InChI=1S/C9H15NO2S/c1-8(6-7-10)13(11,12)9-4-2-3-5-9/h8-9H,2-6H2,1H3. The normalized spacial score (nSPS) is 21.2. The zero-order chi connectivity index (χ0) is 9.90. The maximum Gasteiger partial charge on any atom is 0.156 e. The van der Waals surface area contributed by atoms with E-state index in [0.29, 0.717) is 0 Å². The molecule has 0 radical (unpaired) electrons. The summed E-state index contributed by atoms with van der Waals surface area (Å²) >= 11 is 0. The monoisotopic (exact) mass is 201 g/mol. The SMILES string of the molecule is CC(CC#N)S(=O)(=O)C1CCCC1. The van der Waals surface area contributed by atoms with Crippen LogP contribution in [-0.2, 0) is 9.84 Å². The Labute approximate surface area is 79.7 Å². The average Bonchev–Trinajstić information content (AvgIpc) is 2.56. The molecule has 1 saturated carbocycles. The molecule has 0 aromatic carbocycles. The second-order valence-electron chi connectivity index (χ2n) is 3.67. The lowest BCUT2D eigenvalue weighted by Gasteiger charge is -2.15. The van der Waals surface area contributed by atoms with E-state index in [4.69, 9.17) is 5.26 Å². The van der Waals surface area contributed by atoms with E-state index in [1.807, 2.05) is 6.07 Å². The molecule has 0 bridgehead atoms. The fraction of sp³-hybridized carbons (Fsp3) is 0.889. The predicted octanol–water partition coefficient (Wildman–Crippen LogP) is 1.65. The summed E-state index contributed by atoms with van der Waals surface area (Å²) in [6.45, 7) is 1.64. The van der Waals surface area contributed by atoms with Gasteiger partial charge < -0.3 is 0 Å². The van der Waals surface area contributed by atoms with Gasteiger partial charge in [0.25, 0.3) is 0 Å². The molecule has 1 aliphatic rings. The minimum Gasteiger partial charge on any atom is -0.228 e. The van der Waals surface area contributed by atoms with Crippen LogP contribution < -0.4 is 0 Å². The molecular weight excluding hydrogens is 186 g/mol. The Balaban J connectivity index is 2.70. The molecule has 0 heterocycles. The maximum absolute atomic E-state index is 11.8. The van der Waals surface area contributed by atoms with Crippen LogP contribution in [0.4, 0.5) is 0 Å². The Morgan fingerprint density at radius 1 is 1.46 bits per heavy atom. The molecular formula is C9H15NO2S. The summed E-state index contributed by atoms with van der Waals surface area (Å²) in [7, 11) is -3.02.